The van der Waals surface area contributed by atoms with Crippen LogP contribution in [0, 0.1) is 11.8 Å². The van der Waals surface area contributed by atoms with Crippen LogP contribution in [0.3, 0.4) is 0 Å². The molecule has 142 valence electrons. The van der Waals surface area contributed by atoms with Crippen LogP contribution in [0.15, 0.2) is 54.6 Å². The van der Waals surface area contributed by atoms with Crippen molar-refractivity contribution in [3.05, 3.63) is 60.2 Å². The molecule has 4 nitrogen and oxygen atoms in total. The number of methoxy groups -OCH3 is 1. The van der Waals surface area contributed by atoms with Gasteiger partial charge < -0.3 is 9.47 Å². The van der Waals surface area contributed by atoms with Gasteiger partial charge >= 0.3 is 5.91 Å². The summed E-state index contributed by atoms with van der Waals surface area (Å²) in [5.74, 6) is 6.08. The third-order valence-corrected chi connectivity index (χ3v) is 5.64. The predicted molar refractivity (Wildman–Crippen MR) is 113 cm³/mol. The minimum absolute atomic E-state index is 0.180. The molecule has 2 aromatic carbocycles. The highest BCUT2D eigenvalue weighted by Gasteiger charge is 2.16. The van der Waals surface area contributed by atoms with Gasteiger partial charge in [0.1, 0.15) is 12.5 Å². The number of hydrogen-bond donors (Lipinski definition) is 0. The van der Waals surface area contributed by atoms with Gasteiger partial charge in [0.2, 0.25) is 0 Å². The van der Waals surface area contributed by atoms with Gasteiger partial charge in [-0.3, -0.25) is 9.69 Å². The van der Waals surface area contributed by atoms with E-state index in [1.807, 2.05) is 54.6 Å². The lowest BCUT2D eigenvalue weighted by atomic mass is 10.2. The average molecular weight is 382 g/mol. The molecule has 0 aliphatic carbocycles. The molecule has 5 heteroatoms. The van der Waals surface area contributed by atoms with Gasteiger partial charge in [0.15, 0.2) is 0 Å². The Morgan fingerprint density at radius 2 is 1.70 bits per heavy atom. The summed E-state index contributed by atoms with van der Waals surface area (Å²) >= 11 is 0. The second-order valence-electron chi connectivity index (χ2n) is 7.40. The van der Waals surface area contributed by atoms with E-state index in [-0.39, 0.29) is 12.6 Å². The zero-order chi connectivity index (χ0) is 19.7. The van der Waals surface area contributed by atoms with Gasteiger partial charge in [-0.15, -0.1) is 0 Å². The molecule has 27 heavy (non-hydrogen) atoms. The molecule has 0 fully saturated rings. The first-order chi connectivity index (χ1) is 12.9. The summed E-state index contributed by atoms with van der Waals surface area (Å²) < 4.78 is 11.0. The van der Waals surface area contributed by atoms with Crippen molar-refractivity contribution in [2.75, 3.05) is 25.3 Å². The number of rotatable bonds is 7. The van der Waals surface area contributed by atoms with E-state index in [0.29, 0.717) is 6.61 Å². The molecule has 0 radical (unpaired) electrons. The molecule has 0 aliphatic rings. The lowest BCUT2D eigenvalue weighted by molar-refractivity contribution is -0.114. The number of carbonyl (C=O) groups is 1. The Hall–Kier alpha value is -2.55. The molecule has 2 rings (SSSR count). The number of anilines is 1. The SMILES string of the molecule is COc1ccc(N(COCC[Si](C)(C)C)C(=O)C#Cc2ccccc2)cc1. The van der Waals surface area contributed by atoms with Crippen molar-refractivity contribution in [2.45, 2.75) is 25.7 Å². The summed E-state index contributed by atoms with van der Waals surface area (Å²) in [5, 5.41) is 0. The van der Waals surface area contributed by atoms with Crippen molar-refractivity contribution in [3.63, 3.8) is 0 Å². The van der Waals surface area contributed by atoms with E-state index in [1.165, 1.54) is 0 Å². The average Bonchev–Trinajstić information content (AvgIpc) is 2.66. The lowest BCUT2D eigenvalue weighted by Crippen LogP contribution is -2.33. The second kappa shape index (κ2) is 9.96. The van der Waals surface area contributed by atoms with Crippen molar-refractivity contribution < 1.29 is 14.3 Å². The van der Waals surface area contributed by atoms with Crippen LogP contribution in [-0.2, 0) is 9.53 Å². The molecule has 0 N–H and O–H groups in total. The molecule has 0 saturated carbocycles. The highest BCUT2D eigenvalue weighted by molar-refractivity contribution is 6.76. The molecule has 0 saturated heterocycles. The molecule has 2 aromatic rings. The van der Waals surface area contributed by atoms with Crippen LogP contribution in [-0.4, -0.2) is 34.4 Å². The minimum Gasteiger partial charge on any atom is -0.497 e. The van der Waals surface area contributed by atoms with Crippen molar-refractivity contribution >= 4 is 19.7 Å². The Kier molecular flexibility index (Phi) is 7.65. The van der Waals surface area contributed by atoms with Crippen molar-refractivity contribution in [2.24, 2.45) is 0 Å². The molecule has 0 aromatic heterocycles. The zero-order valence-electron chi connectivity index (χ0n) is 16.5. The fraction of sp³-hybridized carbons (Fsp3) is 0.318. The number of nitrogens with zero attached hydrogens (tertiary/aromatic N) is 1. The molecule has 0 heterocycles. The van der Waals surface area contributed by atoms with Gasteiger partial charge in [0.05, 0.1) is 7.11 Å². The molecule has 1 amide bonds. The van der Waals surface area contributed by atoms with Crippen LogP contribution in [0.1, 0.15) is 5.56 Å². The first kappa shape index (κ1) is 20.8. The molecule has 0 spiro atoms. The van der Waals surface area contributed by atoms with Crippen LogP contribution < -0.4 is 9.64 Å². The van der Waals surface area contributed by atoms with E-state index in [4.69, 9.17) is 9.47 Å². The number of amides is 1. The summed E-state index contributed by atoms with van der Waals surface area (Å²) in [4.78, 5) is 14.3. The quantitative estimate of drug-likeness (QED) is 0.309. The van der Waals surface area contributed by atoms with Crippen molar-refractivity contribution in [1.29, 1.82) is 0 Å². The van der Waals surface area contributed by atoms with E-state index in [2.05, 4.69) is 31.5 Å². The highest BCUT2D eigenvalue weighted by atomic mass is 28.3. The standard InChI is InChI=1S/C22H27NO3Si/c1-25-21-13-11-20(12-14-21)23(18-26-16-17-27(2,3)4)22(24)15-10-19-8-6-5-7-9-19/h5-9,11-14H,16-18H2,1-4H3. The minimum atomic E-state index is -1.18. The van der Waals surface area contributed by atoms with E-state index >= 15 is 0 Å². The summed E-state index contributed by atoms with van der Waals surface area (Å²) in [7, 11) is 0.434. The predicted octanol–water partition coefficient (Wildman–Crippen LogP) is 4.39. The van der Waals surface area contributed by atoms with E-state index in [1.54, 1.807) is 12.0 Å². The fourth-order valence-corrected chi connectivity index (χ4v) is 3.02. The van der Waals surface area contributed by atoms with Crippen LogP contribution in [0.25, 0.3) is 0 Å². The molecule has 0 aliphatic heterocycles. The Labute approximate surface area is 163 Å². The zero-order valence-corrected chi connectivity index (χ0v) is 17.5. The van der Waals surface area contributed by atoms with Gasteiger partial charge in [-0.1, -0.05) is 43.8 Å². The third kappa shape index (κ3) is 7.30. The van der Waals surface area contributed by atoms with Crippen LogP contribution >= 0.6 is 0 Å². The van der Waals surface area contributed by atoms with Gasteiger partial charge in [-0.2, -0.15) is 0 Å². The highest BCUT2D eigenvalue weighted by Crippen LogP contribution is 2.19. The monoisotopic (exact) mass is 381 g/mol. The Bertz CT molecular complexity index is 786. The first-order valence-corrected chi connectivity index (χ1v) is 12.7. The van der Waals surface area contributed by atoms with Gasteiger partial charge in [-0.25, -0.2) is 0 Å². The number of benzene rings is 2. The molecule has 0 bridgehead atoms. The fourth-order valence-electron chi connectivity index (χ4n) is 2.26. The van der Waals surface area contributed by atoms with Crippen LogP contribution in [0.2, 0.25) is 25.7 Å². The molecular weight excluding hydrogens is 354 g/mol. The van der Waals surface area contributed by atoms with Gasteiger partial charge in [0.25, 0.3) is 0 Å². The maximum absolute atomic E-state index is 12.7. The second-order valence-corrected chi connectivity index (χ2v) is 13.0. The topological polar surface area (TPSA) is 38.8 Å². The third-order valence-electron chi connectivity index (χ3n) is 3.93. The smallest absolute Gasteiger partial charge is 0.305 e. The Balaban J connectivity index is 2.12. The van der Waals surface area contributed by atoms with E-state index in [0.717, 1.165) is 23.0 Å². The van der Waals surface area contributed by atoms with Gasteiger partial charge in [-0.05, 0) is 42.4 Å². The Morgan fingerprint density at radius 3 is 2.30 bits per heavy atom. The number of ether oxygens (including phenoxy) is 2. The van der Waals surface area contributed by atoms with Crippen molar-refractivity contribution in [1.82, 2.24) is 0 Å². The summed E-state index contributed by atoms with van der Waals surface area (Å²) in [6, 6.07) is 17.8. The van der Waals surface area contributed by atoms with E-state index in [9.17, 15) is 4.79 Å². The van der Waals surface area contributed by atoms with Crippen molar-refractivity contribution in [3.8, 4) is 17.6 Å². The number of hydrogen-bond acceptors (Lipinski definition) is 3. The van der Waals surface area contributed by atoms with Crippen LogP contribution in [0.5, 0.6) is 5.75 Å². The van der Waals surface area contributed by atoms with Crippen LogP contribution in [0.4, 0.5) is 5.69 Å². The summed E-state index contributed by atoms with van der Waals surface area (Å²) in [5.41, 5.74) is 1.54. The maximum atomic E-state index is 12.7. The molecule has 0 unspecified atom stereocenters. The lowest BCUT2D eigenvalue weighted by Gasteiger charge is -2.22. The number of carbonyl (C=O) groups excluding carboxylic acids is 1. The molecule has 0 atom stereocenters. The summed E-state index contributed by atoms with van der Waals surface area (Å²) in [6.45, 7) is 7.72. The van der Waals surface area contributed by atoms with Gasteiger partial charge in [0, 0.05) is 31.9 Å². The largest absolute Gasteiger partial charge is 0.497 e. The first-order valence-electron chi connectivity index (χ1n) is 8.99. The molecular formula is C22H27NO3Si. The summed E-state index contributed by atoms with van der Waals surface area (Å²) in [6.07, 6.45) is 0. The normalized spacial score (nSPS) is 10.7. The maximum Gasteiger partial charge on any atom is 0.305 e. The Morgan fingerprint density at radius 1 is 1.04 bits per heavy atom. The van der Waals surface area contributed by atoms with E-state index < -0.39 is 8.07 Å².